The molecule has 0 bridgehead atoms. The smallest absolute Gasteiger partial charge is 0.335 e. The molecular formula is C28H23N7O7. The zero-order chi connectivity index (χ0) is 30.1. The molecule has 5 aromatic rings. The Morgan fingerprint density at radius 3 is 2.43 bits per heavy atom. The number of carbonyl (C=O) groups excluding carboxylic acids is 2. The van der Waals surface area contributed by atoms with Crippen molar-refractivity contribution in [3.8, 4) is 5.88 Å². The summed E-state index contributed by atoms with van der Waals surface area (Å²) in [6, 6.07) is 13.5. The van der Waals surface area contributed by atoms with Crippen molar-refractivity contribution in [1.82, 2.24) is 25.0 Å². The number of hydrogen-bond acceptors (Lipinski definition) is 10. The van der Waals surface area contributed by atoms with E-state index in [-0.39, 0.29) is 40.6 Å². The van der Waals surface area contributed by atoms with Crippen molar-refractivity contribution in [2.45, 2.75) is 19.5 Å². The van der Waals surface area contributed by atoms with E-state index in [1.54, 1.807) is 43.3 Å². The van der Waals surface area contributed by atoms with Crippen LogP contribution in [0.1, 0.15) is 55.4 Å². The summed E-state index contributed by atoms with van der Waals surface area (Å²) in [4.78, 5) is 68.5. The van der Waals surface area contributed by atoms with Crippen molar-refractivity contribution >= 4 is 40.6 Å². The Kier molecular flexibility index (Phi) is 7.10. The molecule has 0 fully saturated rings. The number of carbonyl (C=O) groups is 3. The molecular weight excluding hydrogens is 546 g/mol. The van der Waals surface area contributed by atoms with Gasteiger partial charge in [-0.2, -0.15) is 4.98 Å². The van der Waals surface area contributed by atoms with Gasteiger partial charge in [0.1, 0.15) is 22.8 Å². The number of rotatable bonds is 9. The second-order valence-electron chi connectivity index (χ2n) is 9.37. The van der Waals surface area contributed by atoms with E-state index in [0.717, 1.165) is 0 Å². The minimum atomic E-state index is -1.07. The number of nitrogens with one attached hydrogen (secondary N) is 3. The maximum absolute atomic E-state index is 13.2. The van der Waals surface area contributed by atoms with Crippen molar-refractivity contribution < 1.29 is 24.6 Å². The van der Waals surface area contributed by atoms with Crippen LogP contribution in [-0.4, -0.2) is 42.4 Å². The number of imidazole rings is 1. The average Bonchev–Trinajstić information content (AvgIpc) is 3.37. The Morgan fingerprint density at radius 1 is 1.00 bits per heavy atom. The lowest BCUT2D eigenvalue weighted by atomic mass is 10.1. The Labute approximate surface area is 236 Å². The zero-order valence-corrected chi connectivity index (χ0v) is 21.9. The molecule has 0 saturated carbocycles. The lowest BCUT2D eigenvalue weighted by Crippen LogP contribution is -2.36. The number of aromatic carboxylic acids is 1. The third-order valence-corrected chi connectivity index (χ3v) is 6.50. The molecule has 3 aromatic carbocycles. The van der Waals surface area contributed by atoms with Crippen molar-refractivity contribution in [1.29, 1.82) is 0 Å². The molecule has 14 heteroatoms. The van der Waals surface area contributed by atoms with Gasteiger partial charge >= 0.3 is 5.97 Å². The second kappa shape index (κ2) is 10.8. The molecule has 0 aliphatic heterocycles. The number of hydrogen-bond donors (Lipinski definition) is 6. The van der Waals surface area contributed by atoms with E-state index in [9.17, 15) is 29.1 Å². The molecule has 2 amide bonds. The number of aromatic hydroxyl groups is 1. The second-order valence-corrected chi connectivity index (χ2v) is 9.37. The molecule has 14 nitrogen and oxygen atoms in total. The Morgan fingerprint density at radius 2 is 1.74 bits per heavy atom. The van der Waals surface area contributed by atoms with E-state index in [4.69, 9.17) is 10.8 Å². The van der Waals surface area contributed by atoms with Crippen molar-refractivity contribution in [2.75, 3.05) is 11.1 Å². The summed E-state index contributed by atoms with van der Waals surface area (Å²) >= 11 is 0. The molecule has 0 unspecified atom stereocenters. The summed E-state index contributed by atoms with van der Waals surface area (Å²) in [6.07, 6.45) is 1.19. The van der Waals surface area contributed by atoms with Crippen LogP contribution in [0.3, 0.4) is 0 Å². The van der Waals surface area contributed by atoms with Crippen LogP contribution >= 0.6 is 0 Å². The normalized spacial score (nSPS) is 11.7. The Bertz CT molecular complexity index is 1940. The number of amides is 2. The minimum absolute atomic E-state index is 0.0117. The quantitative estimate of drug-likeness (QED) is 0.140. The topological polar surface area (TPSA) is 218 Å². The number of nitrogen functional groups attached to an aromatic ring is 1. The van der Waals surface area contributed by atoms with Crippen LogP contribution in [0.5, 0.6) is 5.88 Å². The number of nitrogens with zero attached hydrogens (tertiary/aromatic N) is 3. The molecule has 212 valence electrons. The van der Waals surface area contributed by atoms with Gasteiger partial charge in [0.05, 0.1) is 17.8 Å². The molecule has 42 heavy (non-hydrogen) atoms. The van der Waals surface area contributed by atoms with Crippen LogP contribution in [0, 0.1) is 0 Å². The molecule has 2 heterocycles. The van der Waals surface area contributed by atoms with Crippen LogP contribution in [-0.2, 0) is 6.54 Å². The van der Waals surface area contributed by atoms with E-state index in [1.165, 1.54) is 28.8 Å². The SMILES string of the molecule is C[C@H](NC(=O)c1cc(C(=O)NCc2cccc(Nc3c(N)c(=O)c3=O)c2)n2cc(O)nc2n1)c1ccc(C(=O)O)cc1. The highest BCUT2D eigenvalue weighted by Gasteiger charge is 2.21. The number of aromatic nitrogens is 3. The van der Waals surface area contributed by atoms with Crippen molar-refractivity contribution in [3.63, 3.8) is 0 Å². The standard InChI is InChI=1S/C28H23N7O7/c1-13(15-5-7-16(8-6-15)27(41)42)31-25(39)18-10-19(35-12-20(36)34-28(35)33-18)26(40)30-11-14-3-2-4-17(9-14)32-22-21(29)23(37)24(22)38/h2-10,12-13,32,36H,11,29H2,1H3,(H,30,40)(H,31,39)(H,41,42)/t13-/m0/s1. The molecule has 2 aromatic heterocycles. The molecule has 0 saturated heterocycles. The number of fused-ring (bicyclic) bond motifs is 1. The Hall–Kier alpha value is -6.05. The highest BCUT2D eigenvalue weighted by molar-refractivity contribution is 5.98. The summed E-state index contributed by atoms with van der Waals surface area (Å²) in [5.74, 6) is -2.78. The minimum Gasteiger partial charge on any atom is -0.492 e. The van der Waals surface area contributed by atoms with Crippen LogP contribution < -0.4 is 32.5 Å². The van der Waals surface area contributed by atoms with Gasteiger partial charge in [0.25, 0.3) is 22.7 Å². The van der Waals surface area contributed by atoms with Gasteiger partial charge in [-0.15, -0.1) is 0 Å². The highest BCUT2D eigenvalue weighted by Crippen LogP contribution is 2.20. The van der Waals surface area contributed by atoms with Crippen LogP contribution in [0.25, 0.3) is 5.78 Å². The van der Waals surface area contributed by atoms with Crippen LogP contribution in [0.15, 0.2) is 70.4 Å². The van der Waals surface area contributed by atoms with Gasteiger partial charge in [0.2, 0.25) is 11.7 Å². The van der Waals surface area contributed by atoms with Crippen molar-refractivity contribution in [2.24, 2.45) is 0 Å². The van der Waals surface area contributed by atoms with E-state index in [2.05, 4.69) is 25.9 Å². The molecule has 1 atom stereocenters. The van der Waals surface area contributed by atoms with Gasteiger partial charge in [-0.05, 0) is 48.4 Å². The maximum Gasteiger partial charge on any atom is 0.335 e. The maximum atomic E-state index is 13.2. The predicted octanol–water partition coefficient (Wildman–Crippen LogP) is 1.48. The van der Waals surface area contributed by atoms with E-state index in [1.807, 2.05) is 0 Å². The Balaban J connectivity index is 1.32. The zero-order valence-electron chi connectivity index (χ0n) is 21.9. The van der Waals surface area contributed by atoms with Gasteiger partial charge in [-0.25, -0.2) is 9.78 Å². The summed E-state index contributed by atoms with van der Waals surface area (Å²) in [5.41, 5.74) is 5.71. The summed E-state index contributed by atoms with van der Waals surface area (Å²) in [6.45, 7) is 1.75. The first-order valence-electron chi connectivity index (χ1n) is 12.5. The number of carboxylic acid groups (broad SMARTS) is 1. The first kappa shape index (κ1) is 27.5. The third-order valence-electron chi connectivity index (χ3n) is 6.50. The fraction of sp³-hybridized carbons (Fsp3) is 0.107. The molecule has 0 spiro atoms. The number of anilines is 3. The molecule has 0 aliphatic rings. The summed E-state index contributed by atoms with van der Waals surface area (Å²) in [5, 5.41) is 27.3. The number of benzene rings is 2. The van der Waals surface area contributed by atoms with Crippen LogP contribution in [0.2, 0.25) is 0 Å². The van der Waals surface area contributed by atoms with Crippen molar-refractivity contribution in [3.05, 3.63) is 109 Å². The van der Waals surface area contributed by atoms with Gasteiger partial charge in [0.15, 0.2) is 0 Å². The molecule has 7 N–H and O–H groups in total. The fourth-order valence-electron chi connectivity index (χ4n) is 4.22. The molecule has 0 aliphatic carbocycles. The predicted molar refractivity (Wildman–Crippen MR) is 151 cm³/mol. The fourth-order valence-corrected chi connectivity index (χ4v) is 4.22. The van der Waals surface area contributed by atoms with Gasteiger partial charge < -0.3 is 31.9 Å². The third kappa shape index (κ3) is 5.36. The largest absolute Gasteiger partial charge is 0.492 e. The van der Waals surface area contributed by atoms with E-state index < -0.39 is 40.6 Å². The number of nitrogens with two attached hydrogens (primary N) is 1. The molecule has 5 rings (SSSR count). The van der Waals surface area contributed by atoms with Crippen LogP contribution in [0.4, 0.5) is 17.1 Å². The average molecular weight is 570 g/mol. The lowest BCUT2D eigenvalue weighted by molar-refractivity contribution is 0.0696. The number of carboxylic acids is 1. The molecule has 0 radical (unpaired) electrons. The summed E-state index contributed by atoms with van der Waals surface area (Å²) in [7, 11) is 0. The lowest BCUT2D eigenvalue weighted by Gasteiger charge is -2.15. The van der Waals surface area contributed by atoms with E-state index in [0.29, 0.717) is 16.8 Å². The first-order valence-corrected chi connectivity index (χ1v) is 12.5. The van der Waals surface area contributed by atoms with Gasteiger partial charge in [0, 0.05) is 12.2 Å². The van der Waals surface area contributed by atoms with Gasteiger partial charge in [-0.1, -0.05) is 24.3 Å². The summed E-state index contributed by atoms with van der Waals surface area (Å²) < 4.78 is 1.24. The van der Waals surface area contributed by atoms with Gasteiger partial charge in [-0.3, -0.25) is 23.6 Å². The first-order chi connectivity index (χ1) is 20.0. The highest BCUT2D eigenvalue weighted by atomic mass is 16.4. The van der Waals surface area contributed by atoms with E-state index >= 15 is 0 Å². The monoisotopic (exact) mass is 569 g/mol.